The molecule has 1 aliphatic carbocycles. The fourth-order valence-corrected chi connectivity index (χ4v) is 2.13. The van der Waals surface area contributed by atoms with Gasteiger partial charge in [0.1, 0.15) is 5.75 Å². The van der Waals surface area contributed by atoms with Crippen LogP contribution in [0.5, 0.6) is 5.75 Å². The second-order valence-electron chi connectivity index (χ2n) is 4.49. The molecule has 0 saturated heterocycles. The highest BCUT2D eigenvalue weighted by atomic mass is 16.5. The van der Waals surface area contributed by atoms with Crippen molar-refractivity contribution in [2.24, 2.45) is 0 Å². The zero-order chi connectivity index (χ0) is 14.4. The van der Waals surface area contributed by atoms with Crippen molar-refractivity contribution in [3.63, 3.8) is 0 Å². The molecule has 0 amide bonds. The third kappa shape index (κ3) is 3.38. The van der Waals surface area contributed by atoms with E-state index in [0.717, 1.165) is 12.0 Å². The van der Waals surface area contributed by atoms with E-state index in [9.17, 15) is 9.90 Å². The number of hydrogen-bond acceptors (Lipinski definition) is 3. The summed E-state index contributed by atoms with van der Waals surface area (Å²) in [6.45, 7) is 2.10. The second kappa shape index (κ2) is 6.75. The predicted molar refractivity (Wildman–Crippen MR) is 79.4 cm³/mol. The maximum atomic E-state index is 11.3. The van der Waals surface area contributed by atoms with Gasteiger partial charge in [0.15, 0.2) is 0 Å². The molecule has 1 aromatic carbocycles. The van der Waals surface area contributed by atoms with Crippen molar-refractivity contribution in [3.05, 3.63) is 59.7 Å². The Morgan fingerprint density at radius 1 is 1.40 bits per heavy atom. The maximum absolute atomic E-state index is 11.3. The first-order valence-electron chi connectivity index (χ1n) is 6.72. The quantitative estimate of drug-likeness (QED) is 0.517. The zero-order valence-corrected chi connectivity index (χ0v) is 11.5. The summed E-state index contributed by atoms with van der Waals surface area (Å²) in [4.78, 5) is 11.3. The fourth-order valence-electron chi connectivity index (χ4n) is 2.13. The van der Waals surface area contributed by atoms with Crippen molar-refractivity contribution >= 4 is 12.0 Å². The highest BCUT2D eigenvalue weighted by molar-refractivity contribution is 5.87. The molecule has 0 heterocycles. The van der Waals surface area contributed by atoms with E-state index in [4.69, 9.17) is 4.74 Å². The Kier molecular flexibility index (Phi) is 4.77. The molecule has 0 atom stereocenters. The second-order valence-corrected chi connectivity index (χ2v) is 4.49. The van der Waals surface area contributed by atoms with E-state index in [1.807, 2.05) is 12.1 Å². The summed E-state index contributed by atoms with van der Waals surface area (Å²) in [5.41, 5.74) is 1.45. The summed E-state index contributed by atoms with van der Waals surface area (Å²) in [5.74, 6) is -0.122. The van der Waals surface area contributed by atoms with Gasteiger partial charge in [-0.15, -0.1) is 0 Å². The molecule has 1 aliphatic rings. The SMILES string of the molecule is CCOC(=O)/C=C/c1cccc(C2C=CCC=C2)c1O. The number of rotatable bonds is 4. The number of benzene rings is 1. The standard InChI is InChI=1S/C17H18O3/c1-2-20-16(18)12-11-14-9-6-10-15(17(14)19)13-7-4-3-5-8-13/h4-13,19H,2-3H2,1H3/b12-11+. The molecule has 3 heteroatoms. The zero-order valence-electron chi connectivity index (χ0n) is 11.5. The minimum atomic E-state index is -0.408. The monoisotopic (exact) mass is 270 g/mol. The molecular formula is C17H18O3. The third-order valence-corrected chi connectivity index (χ3v) is 3.10. The molecule has 1 aromatic rings. The summed E-state index contributed by atoms with van der Waals surface area (Å²) in [7, 11) is 0. The number of phenols is 1. The molecule has 2 rings (SSSR count). The number of aromatic hydroxyl groups is 1. The fraction of sp³-hybridized carbons (Fsp3) is 0.235. The molecule has 3 nitrogen and oxygen atoms in total. The number of allylic oxidation sites excluding steroid dienone is 4. The highest BCUT2D eigenvalue weighted by Gasteiger charge is 2.13. The summed E-state index contributed by atoms with van der Waals surface area (Å²) in [6.07, 6.45) is 12.1. The van der Waals surface area contributed by atoms with Gasteiger partial charge in [0.05, 0.1) is 6.61 Å². The number of hydrogen-bond donors (Lipinski definition) is 1. The van der Waals surface area contributed by atoms with E-state index >= 15 is 0 Å². The molecular weight excluding hydrogens is 252 g/mol. The van der Waals surface area contributed by atoms with Crippen molar-refractivity contribution in [2.45, 2.75) is 19.3 Å². The Balaban J connectivity index is 2.23. The van der Waals surface area contributed by atoms with Crippen LogP contribution in [0, 0.1) is 0 Å². The molecule has 0 aliphatic heterocycles. The van der Waals surface area contributed by atoms with Crippen LogP contribution in [0.1, 0.15) is 30.4 Å². The Morgan fingerprint density at radius 3 is 2.85 bits per heavy atom. The number of ether oxygens (including phenoxy) is 1. The van der Waals surface area contributed by atoms with Crippen molar-refractivity contribution in [2.75, 3.05) is 6.61 Å². The lowest BCUT2D eigenvalue weighted by molar-refractivity contribution is -0.137. The van der Waals surface area contributed by atoms with E-state index in [1.54, 1.807) is 19.1 Å². The van der Waals surface area contributed by atoms with Crippen molar-refractivity contribution < 1.29 is 14.6 Å². The largest absolute Gasteiger partial charge is 0.507 e. The lowest BCUT2D eigenvalue weighted by atomic mass is 9.92. The van der Waals surface area contributed by atoms with Gasteiger partial charge < -0.3 is 9.84 Å². The minimum absolute atomic E-state index is 0.0830. The first kappa shape index (κ1) is 14.1. The van der Waals surface area contributed by atoms with Crippen LogP contribution in [-0.2, 0) is 9.53 Å². The number of phenolic OH excluding ortho intramolecular Hbond substituents is 1. The van der Waals surface area contributed by atoms with Gasteiger partial charge >= 0.3 is 5.97 Å². The van der Waals surface area contributed by atoms with Crippen molar-refractivity contribution in [3.8, 4) is 5.75 Å². The van der Waals surface area contributed by atoms with Gasteiger partial charge in [0, 0.05) is 23.1 Å². The summed E-state index contributed by atoms with van der Waals surface area (Å²) in [6, 6.07) is 5.53. The molecule has 1 N–H and O–H groups in total. The number of esters is 1. The predicted octanol–water partition coefficient (Wildman–Crippen LogP) is 3.57. The van der Waals surface area contributed by atoms with Crippen molar-refractivity contribution in [1.82, 2.24) is 0 Å². The Hall–Kier alpha value is -2.29. The summed E-state index contributed by atoms with van der Waals surface area (Å²) >= 11 is 0. The molecule has 104 valence electrons. The van der Waals surface area contributed by atoms with E-state index in [2.05, 4.69) is 24.3 Å². The number of para-hydroxylation sites is 1. The average Bonchev–Trinajstić information content (AvgIpc) is 2.47. The van der Waals surface area contributed by atoms with Gasteiger partial charge in [-0.1, -0.05) is 42.5 Å². The molecule has 0 unspecified atom stereocenters. The van der Waals surface area contributed by atoms with Gasteiger partial charge in [-0.25, -0.2) is 4.79 Å². The van der Waals surface area contributed by atoms with Crippen LogP contribution in [0.2, 0.25) is 0 Å². The molecule has 0 aromatic heterocycles. The number of carbonyl (C=O) groups is 1. The first-order valence-corrected chi connectivity index (χ1v) is 6.72. The number of carbonyl (C=O) groups excluding carboxylic acids is 1. The molecule has 0 spiro atoms. The third-order valence-electron chi connectivity index (χ3n) is 3.10. The van der Waals surface area contributed by atoms with Gasteiger partial charge in [0.25, 0.3) is 0 Å². The molecule has 0 saturated carbocycles. The summed E-state index contributed by atoms with van der Waals surface area (Å²) in [5, 5.41) is 10.3. The lowest BCUT2D eigenvalue weighted by Crippen LogP contribution is -1.99. The Morgan fingerprint density at radius 2 is 2.15 bits per heavy atom. The smallest absolute Gasteiger partial charge is 0.330 e. The van der Waals surface area contributed by atoms with Gasteiger partial charge in [0.2, 0.25) is 0 Å². The van der Waals surface area contributed by atoms with Crippen LogP contribution in [0.4, 0.5) is 0 Å². The lowest BCUT2D eigenvalue weighted by Gasteiger charge is -2.14. The van der Waals surface area contributed by atoms with E-state index < -0.39 is 5.97 Å². The van der Waals surface area contributed by atoms with E-state index in [-0.39, 0.29) is 11.7 Å². The Labute approximate surface area is 118 Å². The van der Waals surface area contributed by atoms with Crippen LogP contribution >= 0.6 is 0 Å². The normalized spacial score (nSPS) is 14.8. The first-order chi connectivity index (χ1) is 9.72. The molecule has 0 radical (unpaired) electrons. The van der Waals surface area contributed by atoms with Crippen LogP contribution in [0.15, 0.2) is 48.6 Å². The maximum Gasteiger partial charge on any atom is 0.330 e. The molecule has 20 heavy (non-hydrogen) atoms. The van der Waals surface area contributed by atoms with Crippen LogP contribution in [0.25, 0.3) is 6.08 Å². The highest BCUT2D eigenvalue weighted by Crippen LogP contribution is 2.33. The minimum Gasteiger partial charge on any atom is -0.507 e. The van der Waals surface area contributed by atoms with E-state index in [1.165, 1.54) is 6.08 Å². The van der Waals surface area contributed by atoms with Crippen LogP contribution < -0.4 is 0 Å². The van der Waals surface area contributed by atoms with Crippen molar-refractivity contribution in [1.29, 1.82) is 0 Å². The molecule has 0 fully saturated rings. The van der Waals surface area contributed by atoms with Gasteiger partial charge in [-0.3, -0.25) is 0 Å². The Bertz CT molecular complexity index is 556. The van der Waals surface area contributed by atoms with Crippen LogP contribution in [0.3, 0.4) is 0 Å². The van der Waals surface area contributed by atoms with E-state index in [0.29, 0.717) is 12.2 Å². The topological polar surface area (TPSA) is 46.5 Å². The summed E-state index contributed by atoms with van der Waals surface area (Å²) < 4.78 is 4.82. The average molecular weight is 270 g/mol. The van der Waals surface area contributed by atoms with Gasteiger partial charge in [-0.05, 0) is 19.4 Å². The van der Waals surface area contributed by atoms with Gasteiger partial charge in [-0.2, -0.15) is 0 Å². The van der Waals surface area contributed by atoms with Crippen LogP contribution in [-0.4, -0.2) is 17.7 Å². The molecule has 0 bridgehead atoms.